The van der Waals surface area contributed by atoms with Gasteiger partial charge in [0, 0.05) is 28.7 Å². The van der Waals surface area contributed by atoms with Gasteiger partial charge in [-0.15, -0.1) is 0 Å². The van der Waals surface area contributed by atoms with Gasteiger partial charge in [-0.05, 0) is 30.3 Å². The molecule has 0 aliphatic carbocycles. The smallest absolute Gasteiger partial charge is 0.255 e. The van der Waals surface area contributed by atoms with E-state index in [1.165, 1.54) is 6.20 Å². The summed E-state index contributed by atoms with van der Waals surface area (Å²) in [6, 6.07) is 17.5. The highest BCUT2D eigenvalue weighted by Gasteiger charge is 2.14. The number of nitrogens with zero attached hydrogens (tertiary/aromatic N) is 1. The second kappa shape index (κ2) is 6.84. The fraction of sp³-hybridized carbons (Fsp3) is 0. The fourth-order valence-corrected chi connectivity index (χ4v) is 2.42. The number of nitrogens with two attached hydrogens (primary N) is 2. The van der Waals surface area contributed by atoms with Crippen molar-refractivity contribution in [2.24, 2.45) is 0 Å². The summed E-state index contributed by atoms with van der Waals surface area (Å²) in [7, 11) is 0. The van der Waals surface area contributed by atoms with E-state index >= 15 is 0 Å². The van der Waals surface area contributed by atoms with Gasteiger partial charge < -0.3 is 16.8 Å². The second-order valence-corrected chi connectivity index (χ2v) is 5.43. The van der Waals surface area contributed by atoms with E-state index in [0.29, 0.717) is 22.4 Å². The molecule has 0 radical (unpaired) electrons. The Kier molecular flexibility index (Phi) is 4.43. The van der Waals surface area contributed by atoms with Crippen LogP contribution in [0.5, 0.6) is 0 Å². The van der Waals surface area contributed by atoms with Crippen LogP contribution in [0.25, 0.3) is 0 Å². The number of hydrogen-bond donors (Lipinski definition) is 4. The minimum absolute atomic E-state index is 0.165. The molecule has 3 rings (SSSR count). The summed E-state index contributed by atoms with van der Waals surface area (Å²) in [5, 5.41) is 11.1. The van der Waals surface area contributed by atoms with Crippen molar-refractivity contribution in [2.45, 2.75) is 0 Å². The summed E-state index contributed by atoms with van der Waals surface area (Å²) in [6.45, 7) is 0. The molecule has 6 heteroatoms. The van der Waals surface area contributed by atoms with E-state index in [1.54, 1.807) is 30.3 Å². The Balaban J connectivity index is 1.80. The van der Waals surface area contributed by atoms with Crippen molar-refractivity contribution >= 4 is 28.8 Å². The zero-order valence-electron chi connectivity index (χ0n) is 13.4. The second-order valence-electron chi connectivity index (χ2n) is 5.43. The highest BCUT2D eigenvalue weighted by atomic mass is 16.1. The minimum Gasteiger partial charge on any atom is -0.398 e. The number of rotatable bonds is 4. The van der Waals surface area contributed by atoms with Crippen molar-refractivity contribution in [1.82, 2.24) is 4.98 Å². The molecule has 25 heavy (non-hydrogen) atoms. The first-order chi connectivity index (χ1) is 12.1. The highest BCUT2D eigenvalue weighted by molar-refractivity contribution is 6.16. The topological polar surface area (TPSA) is 118 Å². The largest absolute Gasteiger partial charge is 0.398 e. The first-order valence-electron chi connectivity index (χ1n) is 7.62. The van der Waals surface area contributed by atoms with Crippen molar-refractivity contribution in [3.05, 3.63) is 83.6 Å². The molecule has 0 aliphatic rings. The lowest BCUT2D eigenvalue weighted by molar-refractivity contribution is 0.102. The van der Waals surface area contributed by atoms with Crippen LogP contribution >= 0.6 is 0 Å². The van der Waals surface area contributed by atoms with Gasteiger partial charge in [-0.25, -0.2) is 4.98 Å². The lowest BCUT2D eigenvalue weighted by Crippen LogP contribution is -2.13. The van der Waals surface area contributed by atoms with Gasteiger partial charge in [-0.2, -0.15) is 0 Å². The summed E-state index contributed by atoms with van der Waals surface area (Å²) in [4.78, 5) is 16.2. The van der Waals surface area contributed by atoms with Gasteiger partial charge in [-0.3, -0.25) is 10.2 Å². The van der Waals surface area contributed by atoms with Crippen LogP contribution in [0.4, 0.5) is 17.2 Å². The summed E-state index contributed by atoms with van der Waals surface area (Å²) < 4.78 is 0. The number of nitrogen functional groups attached to an aromatic ring is 2. The monoisotopic (exact) mass is 331 g/mol. The van der Waals surface area contributed by atoms with Crippen LogP contribution in [-0.4, -0.2) is 16.6 Å². The lowest BCUT2D eigenvalue weighted by Gasteiger charge is -2.10. The molecule has 3 aromatic rings. The fourth-order valence-electron chi connectivity index (χ4n) is 2.42. The normalized spacial score (nSPS) is 10.2. The number of aromatic nitrogens is 1. The number of hydrogen-bond acceptors (Lipinski definition) is 5. The standard InChI is InChI=1S/C19H17N5O/c20-15-10-11-23-18(22)16(15)17(21)12-6-8-13(9-7-12)19(25)24-14-4-2-1-3-5-14/h1-11,21H,(H,24,25)(H4,20,22,23). The van der Waals surface area contributed by atoms with Crippen molar-refractivity contribution in [3.8, 4) is 0 Å². The molecule has 0 atom stereocenters. The Morgan fingerprint density at radius 2 is 1.56 bits per heavy atom. The third-order valence-corrected chi connectivity index (χ3v) is 3.73. The first kappa shape index (κ1) is 16.2. The molecule has 0 aliphatic heterocycles. The molecule has 1 aromatic heterocycles. The number of pyridine rings is 1. The van der Waals surface area contributed by atoms with Gasteiger partial charge in [0.2, 0.25) is 0 Å². The maximum absolute atomic E-state index is 12.3. The zero-order valence-corrected chi connectivity index (χ0v) is 13.4. The molecule has 2 aromatic carbocycles. The number of amides is 1. The predicted octanol–water partition coefficient (Wildman–Crippen LogP) is 2.91. The summed E-state index contributed by atoms with van der Waals surface area (Å²) in [5.74, 6) is -0.0133. The van der Waals surface area contributed by atoms with Crippen LogP contribution in [0.15, 0.2) is 66.9 Å². The molecule has 0 unspecified atom stereocenters. The molecule has 124 valence electrons. The van der Waals surface area contributed by atoms with Crippen LogP contribution in [-0.2, 0) is 0 Å². The molecule has 1 heterocycles. The number of carbonyl (C=O) groups excluding carboxylic acids is 1. The molecular formula is C19H17N5O. The number of nitrogens with one attached hydrogen (secondary N) is 2. The van der Waals surface area contributed by atoms with E-state index in [1.807, 2.05) is 30.3 Å². The quantitative estimate of drug-likeness (QED) is 0.550. The van der Waals surface area contributed by atoms with Crippen LogP contribution in [0.3, 0.4) is 0 Å². The van der Waals surface area contributed by atoms with Crippen molar-refractivity contribution in [1.29, 1.82) is 5.41 Å². The van der Waals surface area contributed by atoms with Gasteiger partial charge in [0.1, 0.15) is 5.82 Å². The van der Waals surface area contributed by atoms with Crippen LogP contribution < -0.4 is 16.8 Å². The van der Waals surface area contributed by atoms with Crippen LogP contribution in [0, 0.1) is 5.41 Å². The average molecular weight is 331 g/mol. The Hall–Kier alpha value is -3.67. The van der Waals surface area contributed by atoms with E-state index in [2.05, 4.69) is 10.3 Å². The number of para-hydroxylation sites is 1. The third-order valence-electron chi connectivity index (χ3n) is 3.73. The maximum atomic E-state index is 12.3. The number of benzene rings is 2. The predicted molar refractivity (Wildman–Crippen MR) is 99.8 cm³/mol. The zero-order chi connectivity index (χ0) is 17.8. The molecule has 0 saturated carbocycles. The van der Waals surface area contributed by atoms with Crippen molar-refractivity contribution in [2.75, 3.05) is 16.8 Å². The van der Waals surface area contributed by atoms with Crippen molar-refractivity contribution < 1.29 is 4.79 Å². The maximum Gasteiger partial charge on any atom is 0.255 e. The molecule has 6 N–H and O–H groups in total. The Morgan fingerprint density at radius 1 is 0.920 bits per heavy atom. The summed E-state index contributed by atoms with van der Waals surface area (Å²) >= 11 is 0. The summed E-state index contributed by atoms with van der Waals surface area (Å²) in [6.07, 6.45) is 1.50. The Labute approximate surface area is 145 Å². The molecule has 0 saturated heterocycles. The molecule has 0 bridgehead atoms. The molecular weight excluding hydrogens is 314 g/mol. The first-order valence-corrected chi connectivity index (χ1v) is 7.62. The van der Waals surface area contributed by atoms with Gasteiger partial charge in [0.05, 0.1) is 11.3 Å². The van der Waals surface area contributed by atoms with E-state index in [-0.39, 0.29) is 17.4 Å². The SMILES string of the molecule is N=C(c1ccc(C(=O)Nc2ccccc2)cc1)c1c(N)ccnc1N. The van der Waals surface area contributed by atoms with E-state index in [0.717, 1.165) is 5.69 Å². The van der Waals surface area contributed by atoms with Gasteiger partial charge in [0.25, 0.3) is 5.91 Å². The Bertz CT molecular complexity index is 900. The van der Waals surface area contributed by atoms with Gasteiger partial charge in [-0.1, -0.05) is 30.3 Å². The van der Waals surface area contributed by atoms with Crippen LogP contribution in [0.2, 0.25) is 0 Å². The molecule has 1 amide bonds. The number of carbonyl (C=O) groups is 1. The summed E-state index contributed by atoms with van der Waals surface area (Å²) in [5.41, 5.74) is 14.5. The molecule has 0 fully saturated rings. The van der Waals surface area contributed by atoms with E-state index < -0.39 is 0 Å². The van der Waals surface area contributed by atoms with E-state index in [9.17, 15) is 4.79 Å². The van der Waals surface area contributed by atoms with Gasteiger partial charge in [0.15, 0.2) is 0 Å². The molecule has 0 spiro atoms. The average Bonchev–Trinajstić information content (AvgIpc) is 2.62. The molecule has 6 nitrogen and oxygen atoms in total. The highest BCUT2D eigenvalue weighted by Crippen LogP contribution is 2.21. The lowest BCUT2D eigenvalue weighted by atomic mass is 10.0. The van der Waals surface area contributed by atoms with E-state index in [4.69, 9.17) is 16.9 Å². The Morgan fingerprint density at radius 3 is 2.20 bits per heavy atom. The van der Waals surface area contributed by atoms with Gasteiger partial charge >= 0.3 is 0 Å². The van der Waals surface area contributed by atoms with Crippen molar-refractivity contribution in [3.63, 3.8) is 0 Å². The number of anilines is 3. The van der Waals surface area contributed by atoms with Crippen LogP contribution in [0.1, 0.15) is 21.5 Å². The third kappa shape index (κ3) is 3.48. The minimum atomic E-state index is -0.218.